The lowest BCUT2D eigenvalue weighted by Crippen LogP contribution is -2.05. The Bertz CT molecular complexity index is 597. The van der Waals surface area contributed by atoms with Crippen LogP contribution in [-0.4, -0.2) is 12.2 Å². The average Bonchev–Trinajstić information content (AvgIpc) is 2.40. The molecule has 19 heavy (non-hydrogen) atoms. The van der Waals surface area contributed by atoms with Crippen molar-refractivity contribution in [3.63, 3.8) is 0 Å². The molecule has 2 aromatic rings. The minimum atomic E-state index is -1.21. The quantitative estimate of drug-likeness (QED) is 0.921. The van der Waals surface area contributed by atoms with Crippen LogP contribution in [0.3, 0.4) is 0 Å². The van der Waals surface area contributed by atoms with Gasteiger partial charge in [0.2, 0.25) is 0 Å². The zero-order valence-electron chi connectivity index (χ0n) is 10.7. The minimum absolute atomic E-state index is 0.0757. The van der Waals surface area contributed by atoms with Gasteiger partial charge in [-0.15, -0.1) is 0 Å². The van der Waals surface area contributed by atoms with Crippen LogP contribution in [0.2, 0.25) is 0 Å². The molecule has 4 heteroatoms. The maximum atomic E-state index is 13.6. The van der Waals surface area contributed by atoms with Gasteiger partial charge in [-0.2, -0.15) is 0 Å². The number of halogens is 2. The van der Waals surface area contributed by atoms with Gasteiger partial charge in [-0.25, -0.2) is 8.78 Å². The van der Waals surface area contributed by atoms with Crippen LogP contribution in [0.4, 0.5) is 8.78 Å². The molecule has 100 valence electrons. The molecule has 0 radical (unpaired) electrons. The smallest absolute Gasteiger partial charge is 0.129 e. The van der Waals surface area contributed by atoms with Crippen molar-refractivity contribution >= 4 is 0 Å². The SMILES string of the molecule is COc1ccc(C(O)c2cc(F)ccc2F)c(C)c1. The van der Waals surface area contributed by atoms with E-state index in [-0.39, 0.29) is 5.56 Å². The first-order valence-corrected chi connectivity index (χ1v) is 5.80. The lowest BCUT2D eigenvalue weighted by Gasteiger charge is -2.15. The highest BCUT2D eigenvalue weighted by Crippen LogP contribution is 2.29. The largest absolute Gasteiger partial charge is 0.497 e. The normalized spacial score (nSPS) is 12.3. The van der Waals surface area contributed by atoms with E-state index in [1.807, 2.05) is 0 Å². The van der Waals surface area contributed by atoms with Crippen LogP contribution < -0.4 is 4.74 Å². The van der Waals surface area contributed by atoms with E-state index in [4.69, 9.17) is 4.74 Å². The van der Waals surface area contributed by atoms with Crippen molar-refractivity contribution in [3.05, 3.63) is 64.7 Å². The van der Waals surface area contributed by atoms with Crippen LogP contribution in [0.25, 0.3) is 0 Å². The first-order chi connectivity index (χ1) is 9.02. The van der Waals surface area contributed by atoms with E-state index >= 15 is 0 Å². The van der Waals surface area contributed by atoms with Gasteiger partial charge in [-0.1, -0.05) is 6.07 Å². The zero-order chi connectivity index (χ0) is 14.0. The highest BCUT2D eigenvalue weighted by atomic mass is 19.1. The molecular weight excluding hydrogens is 250 g/mol. The van der Waals surface area contributed by atoms with Gasteiger partial charge in [-0.05, 0) is 48.4 Å². The summed E-state index contributed by atoms with van der Waals surface area (Å²) in [5.41, 5.74) is 1.19. The fourth-order valence-corrected chi connectivity index (χ4v) is 1.97. The van der Waals surface area contributed by atoms with E-state index in [0.29, 0.717) is 11.3 Å². The number of aryl methyl sites for hydroxylation is 1. The Morgan fingerprint density at radius 3 is 2.42 bits per heavy atom. The molecule has 1 N–H and O–H groups in total. The predicted molar refractivity (Wildman–Crippen MR) is 68.2 cm³/mol. The van der Waals surface area contributed by atoms with E-state index in [9.17, 15) is 13.9 Å². The molecule has 1 unspecified atom stereocenters. The molecule has 2 nitrogen and oxygen atoms in total. The van der Waals surface area contributed by atoms with Gasteiger partial charge in [0.05, 0.1) is 7.11 Å². The van der Waals surface area contributed by atoms with Gasteiger partial charge in [0.25, 0.3) is 0 Å². The monoisotopic (exact) mass is 264 g/mol. The summed E-state index contributed by atoms with van der Waals surface area (Å²) in [6, 6.07) is 8.07. The van der Waals surface area contributed by atoms with Gasteiger partial charge in [0.1, 0.15) is 23.5 Å². The first-order valence-electron chi connectivity index (χ1n) is 5.80. The molecule has 0 spiro atoms. The molecule has 0 saturated heterocycles. The highest BCUT2D eigenvalue weighted by molar-refractivity contribution is 5.40. The van der Waals surface area contributed by atoms with E-state index in [0.717, 1.165) is 23.8 Å². The van der Waals surface area contributed by atoms with Crippen molar-refractivity contribution in [2.24, 2.45) is 0 Å². The molecule has 0 fully saturated rings. The number of hydrogen-bond acceptors (Lipinski definition) is 2. The number of aliphatic hydroxyl groups is 1. The summed E-state index contributed by atoms with van der Waals surface area (Å²) in [6.45, 7) is 1.78. The summed E-state index contributed by atoms with van der Waals surface area (Å²) in [6.07, 6.45) is -1.21. The van der Waals surface area contributed by atoms with Gasteiger partial charge in [0.15, 0.2) is 0 Å². The third kappa shape index (κ3) is 2.74. The van der Waals surface area contributed by atoms with Gasteiger partial charge < -0.3 is 9.84 Å². The van der Waals surface area contributed by atoms with E-state index in [1.165, 1.54) is 7.11 Å². The Kier molecular flexibility index (Phi) is 3.81. The number of hydrogen-bond donors (Lipinski definition) is 1. The van der Waals surface area contributed by atoms with Crippen molar-refractivity contribution in [2.75, 3.05) is 7.11 Å². The van der Waals surface area contributed by atoms with Gasteiger partial charge in [-0.3, -0.25) is 0 Å². The molecule has 0 heterocycles. The maximum absolute atomic E-state index is 13.6. The third-order valence-electron chi connectivity index (χ3n) is 3.02. The second-order valence-electron chi connectivity index (χ2n) is 4.29. The van der Waals surface area contributed by atoms with Crippen molar-refractivity contribution in [3.8, 4) is 5.75 Å². The molecular formula is C15H14F2O2. The number of ether oxygens (including phenoxy) is 1. The van der Waals surface area contributed by atoms with Crippen LogP contribution in [0.1, 0.15) is 22.8 Å². The predicted octanol–water partition coefficient (Wildman–Crippen LogP) is 3.36. The summed E-state index contributed by atoms with van der Waals surface area (Å²) in [4.78, 5) is 0. The van der Waals surface area contributed by atoms with Crippen LogP contribution in [0, 0.1) is 18.6 Å². The number of aliphatic hydroxyl groups excluding tert-OH is 1. The first kappa shape index (κ1) is 13.5. The third-order valence-corrected chi connectivity index (χ3v) is 3.02. The number of benzene rings is 2. The summed E-state index contributed by atoms with van der Waals surface area (Å²) in [7, 11) is 1.54. The second-order valence-corrected chi connectivity index (χ2v) is 4.29. The van der Waals surface area contributed by atoms with Crippen molar-refractivity contribution in [1.29, 1.82) is 0 Å². The maximum Gasteiger partial charge on any atom is 0.129 e. The van der Waals surface area contributed by atoms with Crippen LogP contribution >= 0.6 is 0 Å². The lowest BCUT2D eigenvalue weighted by molar-refractivity contribution is 0.213. The van der Waals surface area contributed by atoms with E-state index in [2.05, 4.69) is 0 Å². The molecule has 0 bridgehead atoms. The summed E-state index contributed by atoms with van der Waals surface area (Å²) in [5, 5.41) is 10.2. The zero-order valence-corrected chi connectivity index (χ0v) is 10.7. The van der Waals surface area contributed by atoms with Gasteiger partial charge >= 0.3 is 0 Å². The number of rotatable bonds is 3. The summed E-state index contributed by atoms with van der Waals surface area (Å²) >= 11 is 0. The minimum Gasteiger partial charge on any atom is -0.497 e. The topological polar surface area (TPSA) is 29.5 Å². The van der Waals surface area contributed by atoms with Crippen LogP contribution in [0.15, 0.2) is 36.4 Å². The van der Waals surface area contributed by atoms with Crippen molar-refractivity contribution in [1.82, 2.24) is 0 Å². The van der Waals surface area contributed by atoms with E-state index in [1.54, 1.807) is 25.1 Å². The summed E-state index contributed by atoms with van der Waals surface area (Å²) in [5.74, 6) is -0.570. The summed E-state index contributed by atoms with van der Waals surface area (Å²) < 4.78 is 31.8. The molecule has 2 aromatic carbocycles. The van der Waals surface area contributed by atoms with Gasteiger partial charge in [0, 0.05) is 5.56 Å². The molecule has 0 amide bonds. The molecule has 0 aliphatic carbocycles. The Morgan fingerprint density at radius 1 is 1.05 bits per heavy atom. The van der Waals surface area contributed by atoms with Crippen molar-refractivity contribution in [2.45, 2.75) is 13.0 Å². The number of methoxy groups -OCH3 is 1. The molecule has 0 aliphatic rings. The Morgan fingerprint density at radius 2 is 1.79 bits per heavy atom. The van der Waals surface area contributed by atoms with E-state index < -0.39 is 17.7 Å². The molecule has 0 aromatic heterocycles. The van der Waals surface area contributed by atoms with Crippen molar-refractivity contribution < 1.29 is 18.6 Å². The standard InChI is InChI=1S/C15H14F2O2/c1-9-7-11(19-2)4-5-12(9)15(18)13-8-10(16)3-6-14(13)17/h3-8,15,18H,1-2H3. The lowest BCUT2D eigenvalue weighted by atomic mass is 9.97. The molecule has 0 aliphatic heterocycles. The Hall–Kier alpha value is -1.94. The molecule has 0 saturated carbocycles. The second kappa shape index (κ2) is 5.36. The Balaban J connectivity index is 2.43. The fraction of sp³-hybridized carbons (Fsp3) is 0.200. The van der Waals surface area contributed by atoms with Crippen LogP contribution in [-0.2, 0) is 0 Å². The highest BCUT2D eigenvalue weighted by Gasteiger charge is 2.18. The molecule has 1 atom stereocenters. The molecule has 2 rings (SSSR count). The Labute approximate surface area is 110 Å². The fourth-order valence-electron chi connectivity index (χ4n) is 1.97. The van der Waals surface area contributed by atoms with Crippen LogP contribution in [0.5, 0.6) is 5.75 Å². The average molecular weight is 264 g/mol.